The third kappa shape index (κ3) is 3.69. The van der Waals surface area contributed by atoms with Gasteiger partial charge in [-0.2, -0.15) is 15.1 Å². The highest BCUT2D eigenvalue weighted by Gasteiger charge is 2.37. The predicted molar refractivity (Wildman–Crippen MR) is 118 cm³/mol. The van der Waals surface area contributed by atoms with Gasteiger partial charge in [0.05, 0.1) is 11.1 Å². The van der Waals surface area contributed by atoms with Crippen LogP contribution in [0.25, 0.3) is 6.08 Å². The minimum atomic E-state index is -1.02. The average Bonchev–Trinajstić information content (AvgIpc) is 3.16. The summed E-state index contributed by atoms with van der Waals surface area (Å²) in [5.74, 6) is -1.52. The molecule has 2 N–H and O–H groups in total. The Morgan fingerprint density at radius 3 is 2.53 bits per heavy atom. The molecule has 8 heteroatoms. The molecular weight excluding hydrogens is 400 g/mol. The number of carboxylic acid groups (broad SMARTS) is 1. The number of amides is 1. The zero-order valence-electron chi connectivity index (χ0n) is 16.1. The maximum absolute atomic E-state index is 12.6. The Bertz CT molecular complexity index is 1120. The molecule has 4 rings (SSSR count). The Balaban J connectivity index is 1.63. The van der Waals surface area contributed by atoms with Crippen molar-refractivity contribution in [3.8, 4) is 0 Å². The number of aromatic carboxylic acids is 1. The molecule has 2 aromatic carbocycles. The van der Waals surface area contributed by atoms with Crippen molar-refractivity contribution in [3.05, 3.63) is 76.9 Å². The second-order valence-corrected chi connectivity index (χ2v) is 7.74. The maximum Gasteiger partial charge on any atom is 0.335 e. The first-order chi connectivity index (χ1) is 14.5. The van der Waals surface area contributed by atoms with Crippen LogP contribution in [0.3, 0.4) is 0 Å². The SMILES string of the molecule is CC[C@@H](C1=NN2C(=N)/C(=C\c3ccc(C(=O)O)cc3)C(=O)N=C2S1)c1ccccc1. The number of hydrogen-bond donors (Lipinski definition) is 2. The first kappa shape index (κ1) is 19.8. The minimum absolute atomic E-state index is 0.0438. The first-order valence-electron chi connectivity index (χ1n) is 9.36. The number of carboxylic acids is 1. The minimum Gasteiger partial charge on any atom is -0.478 e. The van der Waals surface area contributed by atoms with E-state index in [2.05, 4.69) is 17.0 Å². The molecule has 30 heavy (non-hydrogen) atoms. The van der Waals surface area contributed by atoms with Gasteiger partial charge in [0.15, 0.2) is 5.84 Å². The molecule has 0 spiro atoms. The van der Waals surface area contributed by atoms with E-state index >= 15 is 0 Å². The molecular formula is C22H18N4O3S. The van der Waals surface area contributed by atoms with E-state index in [0.29, 0.717) is 10.7 Å². The van der Waals surface area contributed by atoms with Gasteiger partial charge in [-0.05, 0) is 47.5 Å². The number of aliphatic imine (C=N–C) groups is 1. The Morgan fingerprint density at radius 1 is 1.20 bits per heavy atom. The number of rotatable bonds is 5. The molecule has 0 aromatic heterocycles. The average molecular weight is 418 g/mol. The topological polar surface area (TPSA) is 106 Å². The smallest absolute Gasteiger partial charge is 0.335 e. The van der Waals surface area contributed by atoms with Crippen LogP contribution in [0.1, 0.15) is 40.7 Å². The Morgan fingerprint density at radius 2 is 1.90 bits per heavy atom. The fourth-order valence-corrected chi connectivity index (χ4v) is 4.38. The van der Waals surface area contributed by atoms with E-state index in [9.17, 15) is 9.59 Å². The van der Waals surface area contributed by atoms with Crippen LogP contribution in [0.15, 0.2) is 70.3 Å². The molecule has 2 heterocycles. The molecule has 7 nitrogen and oxygen atoms in total. The molecule has 0 unspecified atom stereocenters. The second-order valence-electron chi connectivity index (χ2n) is 6.76. The number of nitrogens with zero attached hydrogens (tertiary/aromatic N) is 3. The van der Waals surface area contributed by atoms with Crippen molar-refractivity contribution in [1.82, 2.24) is 5.01 Å². The number of benzene rings is 2. The number of thioether (sulfide) groups is 1. The monoisotopic (exact) mass is 418 g/mol. The summed E-state index contributed by atoms with van der Waals surface area (Å²) in [6, 6.07) is 16.1. The van der Waals surface area contributed by atoms with Gasteiger partial charge < -0.3 is 5.11 Å². The lowest BCUT2D eigenvalue weighted by molar-refractivity contribution is -0.114. The molecule has 0 saturated carbocycles. The van der Waals surface area contributed by atoms with Gasteiger partial charge in [0.25, 0.3) is 5.91 Å². The molecule has 0 fully saturated rings. The van der Waals surface area contributed by atoms with Crippen molar-refractivity contribution in [2.75, 3.05) is 0 Å². The van der Waals surface area contributed by atoms with E-state index in [-0.39, 0.29) is 22.9 Å². The van der Waals surface area contributed by atoms with Crippen LogP contribution in [-0.4, -0.2) is 38.0 Å². The zero-order chi connectivity index (χ0) is 21.3. The molecule has 0 aliphatic carbocycles. The lowest BCUT2D eigenvalue weighted by Crippen LogP contribution is -2.35. The number of hydrazone groups is 1. The van der Waals surface area contributed by atoms with E-state index < -0.39 is 11.9 Å². The van der Waals surface area contributed by atoms with Crippen molar-refractivity contribution < 1.29 is 14.7 Å². The molecule has 1 amide bonds. The van der Waals surface area contributed by atoms with Gasteiger partial charge in [-0.1, -0.05) is 49.4 Å². The lowest BCUT2D eigenvalue weighted by Gasteiger charge is -2.20. The van der Waals surface area contributed by atoms with Gasteiger partial charge in [0.1, 0.15) is 5.04 Å². The molecule has 0 saturated heterocycles. The summed E-state index contributed by atoms with van der Waals surface area (Å²) in [5.41, 5.74) is 2.00. The summed E-state index contributed by atoms with van der Waals surface area (Å²) in [4.78, 5) is 27.7. The van der Waals surface area contributed by atoms with E-state index in [1.807, 2.05) is 30.3 Å². The van der Waals surface area contributed by atoms with Gasteiger partial charge in [-0.3, -0.25) is 10.2 Å². The highest BCUT2D eigenvalue weighted by molar-refractivity contribution is 8.27. The van der Waals surface area contributed by atoms with Crippen LogP contribution >= 0.6 is 11.8 Å². The van der Waals surface area contributed by atoms with E-state index in [1.165, 1.54) is 35.0 Å². The number of nitrogens with one attached hydrogen (secondary N) is 1. The normalized spacial score (nSPS) is 18.2. The number of carbonyl (C=O) groups excluding carboxylic acids is 1. The lowest BCUT2D eigenvalue weighted by atomic mass is 9.98. The van der Waals surface area contributed by atoms with E-state index in [1.54, 1.807) is 12.1 Å². The van der Waals surface area contributed by atoms with Crippen LogP contribution in [0, 0.1) is 5.41 Å². The Kier molecular flexibility index (Phi) is 5.33. The highest BCUT2D eigenvalue weighted by atomic mass is 32.2. The summed E-state index contributed by atoms with van der Waals surface area (Å²) in [7, 11) is 0. The fraction of sp³-hybridized carbons (Fsp3) is 0.136. The van der Waals surface area contributed by atoms with Crippen LogP contribution in [0.5, 0.6) is 0 Å². The van der Waals surface area contributed by atoms with Crippen molar-refractivity contribution >= 4 is 45.8 Å². The Hall–Kier alpha value is -3.52. The third-order valence-corrected chi connectivity index (χ3v) is 5.87. The van der Waals surface area contributed by atoms with Crippen LogP contribution in [0.4, 0.5) is 0 Å². The molecule has 2 aromatic rings. The first-order valence-corrected chi connectivity index (χ1v) is 10.2. The number of hydrogen-bond acceptors (Lipinski definition) is 5. The molecule has 0 bridgehead atoms. The van der Waals surface area contributed by atoms with Crippen molar-refractivity contribution in [2.24, 2.45) is 10.1 Å². The number of fused-ring (bicyclic) bond motifs is 1. The largest absolute Gasteiger partial charge is 0.478 e. The van der Waals surface area contributed by atoms with Crippen molar-refractivity contribution in [1.29, 1.82) is 5.41 Å². The van der Waals surface area contributed by atoms with Crippen molar-refractivity contribution in [2.45, 2.75) is 19.3 Å². The summed E-state index contributed by atoms with van der Waals surface area (Å²) < 4.78 is 0. The number of amidine groups is 2. The van der Waals surface area contributed by atoms with Gasteiger partial charge in [-0.15, -0.1) is 0 Å². The van der Waals surface area contributed by atoms with Gasteiger partial charge in [-0.25, -0.2) is 4.79 Å². The zero-order valence-corrected chi connectivity index (χ0v) is 16.9. The van der Waals surface area contributed by atoms with Crippen LogP contribution in [0.2, 0.25) is 0 Å². The second kappa shape index (κ2) is 8.08. The molecule has 150 valence electrons. The predicted octanol–water partition coefficient (Wildman–Crippen LogP) is 4.20. The number of carbonyl (C=O) groups is 2. The maximum atomic E-state index is 12.6. The quantitative estimate of drug-likeness (QED) is 0.708. The molecule has 2 aliphatic heterocycles. The molecule has 2 aliphatic rings. The highest BCUT2D eigenvalue weighted by Crippen LogP contribution is 2.35. The summed E-state index contributed by atoms with van der Waals surface area (Å²) in [5, 5.41) is 24.7. The van der Waals surface area contributed by atoms with Gasteiger partial charge in [0, 0.05) is 5.92 Å². The van der Waals surface area contributed by atoms with Gasteiger partial charge >= 0.3 is 5.97 Å². The standard InChI is InChI=1S/C22H18N4O3S/c1-2-16(14-6-4-3-5-7-14)20-25-26-18(23)17(19(27)24-22(26)30-20)12-13-8-10-15(11-9-13)21(28)29/h3-12,16,23H,2H2,1H3,(H,28,29)/b17-12+,23-18?/t16-/m1/s1. The van der Waals surface area contributed by atoms with Crippen molar-refractivity contribution in [3.63, 3.8) is 0 Å². The fourth-order valence-electron chi connectivity index (χ4n) is 3.27. The summed E-state index contributed by atoms with van der Waals surface area (Å²) in [6.45, 7) is 2.07. The summed E-state index contributed by atoms with van der Waals surface area (Å²) in [6.07, 6.45) is 2.36. The third-order valence-electron chi connectivity index (χ3n) is 4.85. The molecule has 0 radical (unpaired) electrons. The summed E-state index contributed by atoms with van der Waals surface area (Å²) >= 11 is 1.31. The Labute approximate surface area is 177 Å². The molecule has 1 atom stereocenters. The van der Waals surface area contributed by atoms with Gasteiger partial charge in [0.2, 0.25) is 5.17 Å². The van der Waals surface area contributed by atoms with E-state index in [4.69, 9.17) is 10.5 Å². The van der Waals surface area contributed by atoms with Crippen LogP contribution < -0.4 is 0 Å². The van der Waals surface area contributed by atoms with E-state index in [0.717, 1.165) is 17.0 Å². The van der Waals surface area contributed by atoms with Crippen LogP contribution in [-0.2, 0) is 4.79 Å².